The van der Waals surface area contributed by atoms with E-state index in [0.717, 1.165) is 37.5 Å². The molecule has 0 unspecified atom stereocenters. The third-order valence-corrected chi connectivity index (χ3v) is 25.0. The van der Waals surface area contributed by atoms with Crippen molar-refractivity contribution >= 4 is 118 Å². The molecule has 1 N–H and O–H groups in total. The Morgan fingerprint density at radius 3 is 1.14 bits per heavy atom. The highest BCUT2D eigenvalue weighted by atomic mass is 32.2. The Balaban J connectivity index is 0.864. The zero-order chi connectivity index (χ0) is 53.5. The number of nitrogens with one attached hydrogen (secondary N) is 1. The van der Waals surface area contributed by atoms with Gasteiger partial charge in [0, 0.05) is 102 Å². The van der Waals surface area contributed by atoms with Gasteiger partial charge in [-0.3, -0.25) is 0 Å². The summed E-state index contributed by atoms with van der Waals surface area (Å²) in [6, 6.07) is 72.4. The minimum absolute atomic E-state index is 0.00660. The number of rotatable bonds is 18. The highest BCUT2D eigenvalue weighted by Crippen LogP contribution is 2.55. The molecule has 0 fully saturated rings. The molecule has 392 valence electrons. The van der Waals surface area contributed by atoms with Crippen LogP contribution in [0.15, 0.2) is 286 Å². The van der Waals surface area contributed by atoms with Gasteiger partial charge in [-0.2, -0.15) is 0 Å². The van der Waals surface area contributed by atoms with Crippen molar-refractivity contribution in [1.82, 2.24) is 5.32 Å². The minimum atomic E-state index is -0.563. The largest absolute Gasteiger partial charge is 0.461 e. The Morgan fingerprint density at radius 2 is 0.772 bits per heavy atom. The zero-order valence-corrected chi connectivity index (χ0v) is 49.7. The summed E-state index contributed by atoms with van der Waals surface area (Å²) < 4.78 is 11.5. The summed E-state index contributed by atoms with van der Waals surface area (Å²) in [4.78, 5) is 44.2. The van der Waals surface area contributed by atoms with Crippen molar-refractivity contribution < 1.29 is 19.1 Å². The van der Waals surface area contributed by atoms with Crippen molar-refractivity contribution in [3.05, 3.63) is 213 Å². The van der Waals surface area contributed by atoms with Crippen molar-refractivity contribution in [3.63, 3.8) is 0 Å². The molecule has 12 rings (SSSR count). The quantitative estimate of drug-likeness (QED) is 0.0384. The van der Waals surface area contributed by atoms with Crippen molar-refractivity contribution in [1.29, 1.82) is 0 Å². The Hall–Kier alpha value is -5.39. The number of hydrogen-bond donors (Lipinski definition) is 1. The Kier molecular flexibility index (Phi) is 17.3. The third kappa shape index (κ3) is 12.7. The van der Waals surface area contributed by atoms with Crippen LogP contribution in [0.2, 0.25) is 0 Å². The molecule has 9 aromatic rings. The van der Waals surface area contributed by atoms with E-state index in [2.05, 4.69) is 212 Å². The predicted octanol–water partition coefficient (Wildman–Crippen LogP) is 19.7. The molecule has 0 saturated heterocycles. The molecule has 9 aromatic carbocycles. The van der Waals surface area contributed by atoms with E-state index in [1.54, 1.807) is 35.3 Å². The fourth-order valence-corrected chi connectivity index (χ4v) is 20.2. The zero-order valence-electron chi connectivity index (χ0n) is 42.4. The lowest BCUT2D eigenvalue weighted by atomic mass is 9.97. The maximum atomic E-state index is 13.7. The van der Waals surface area contributed by atoms with Gasteiger partial charge in [0.05, 0.1) is 6.54 Å². The van der Waals surface area contributed by atoms with Crippen molar-refractivity contribution in [3.8, 4) is 33.4 Å². The van der Waals surface area contributed by atoms with E-state index < -0.39 is 17.5 Å². The van der Waals surface area contributed by atoms with E-state index in [1.807, 2.05) is 70.6 Å². The smallest absolute Gasteiger partial charge is 0.407 e. The first kappa shape index (κ1) is 54.2. The van der Waals surface area contributed by atoms with Crippen molar-refractivity contribution in [2.24, 2.45) is 5.41 Å². The lowest BCUT2D eigenvalue weighted by Gasteiger charge is -2.33. The summed E-state index contributed by atoms with van der Waals surface area (Å²) in [5.41, 5.74) is 6.57. The Morgan fingerprint density at radius 1 is 0.430 bits per heavy atom. The van der Waals surface area contributed by atoms with Gasteiger partial charge in [0.2, 0.25) is 0 Å². The summed E-state index contributed by atoms with van der Waals surface area (Å²) in [6.45, 7) is 3.75. The summed E-state index contributed by atoms with van der Waals surface area (Å²) in [7, 11) is 0. The molecule has 3 aliphatic rings. The van der Waals surface area contributed by atoms with Gasteiger partial charge >= 0.3 is 12.1 Å². The predicted molar refractivity (Wildman–Crippen MR) is 335 cm³/mol. The highest BCUT2D eigenvalue weighted by Gasteiger charge is 2.34. The molecule has 0 bridgehead atoms. The van der Waals surface area contributed by atoms with Crippen LogP contribution in [0, 0.1) is 5.41 Å². The average Bonchev–Trinajstić information content (AvgIpc) is 3.57. The highest BCUT2D eigenvalue weighted by molar-refractivity contribution is 8.06. The van der Waals surface area contributed by atoms with E-state index in [1.165, 1.54) is 75.4 Å². The van der Waals surface area contributed by atoms with Crippen molar-refractivity contribution in [2.75, 3.05) is 37.0 Å². The van der Waals surface area contributed by atoms with E-state index in [4.69, 9.17) is 9.47 Å². The van der Waals surface area contributed by atoms with Gasteiger partial charge in [0.1, 0.15) is 13.2 Å². The molecule has 0 radical (unpaired) electrons. The lowest BCUT2D eigenvalue weighted by molar-refractivity contribution is -0.137. The SMILES string of the molecule is C=CC(=O)OCCNC(=O)OCC(CSc1cccc(-c2cccc3c2Sc2ccccc2S3)c1)(CSc1cccc(-c2cccc3c2Sc2ccccc2S3)c1)CSc1cccc(-c2cccc3c2Sc2ccccc2S3)c1. The lowest BCUT2D eigenvalue weighted by Crippen LogP contribution is -2.39. The maximum absolute atomic E-state index is 13.7. The number of fused-ring (bicyclic) bond motifs is 6. The van der Waals surface area contributed by atoms with Crippen LogP contribution >= 0.6 is 106 Å². The maximum Gasteiger partial charge on any atom is 0.407 e. The molecule has 0 atom stereocenters. The van der Waals surface area contributed by atoms with Crippen LogP contribution in [0.4, 0.5) is 4.79 Å². The number of carbonyl (C=O) groups is 2. The van der Waals surface area contributed by atoms with Crippen LogP contribution in [-0.4, -0.2) is 49.1 Å². The molecule has 0 saturated carbocycles. The fourth-order valence-electron chi connectivity index (χ4n) is 9.18. The molecule has 79 heavy (non-hydrogen) atoms. The second-order valence-corrected chi connectivity index (χ2v) is 28.2. The van der Waals surface area contributed by atoms with Gasteiger partial charge in [-0.05, 0) is 124 Å². The third-order valence-electron chi connectivity index (χ3n) is 13.1. The van der Waals surface area contributed by atoms with Gasteiger partial charge in [-0.25, -0.2) is 9.59 Å². The summed E-state index contributed by atoms with van der Waals surface area (Å²) in [6.07, 6.45) is 0.550. The number of ether oxygens (including phenoxy) is 2. The molecule has 5 nitrogen and oxygen atoms in total. The van der Waals surface area contributed by atoms with Gasteiger partial charge in [0.15, 0.2) is 0 Å². The van der Waals surface area contributed by atoms with E-state index in [9.17, 15) is 9.59 Å². The molecule has 14 heteroatoms. The van der Waals surface area contributed by atoms with Crippen LogP contribution in [-0.2, 0) is 14.3 Å². The minimum Gasteiger partial charge on any atom is -0.461 e. The second kappa shape index (κ2) is 25.2. The van der Waals surface area contributed by atoms with E-state index >= 15 is 0 Å². The molecule has 1 amide bonds. The van der Waals surface area contributed by atoms with Crippen molar-refractivity contribution in [2.45, 2.75) is 73.4 Å². The number of esters is 1. The van der Waals surface area contributed by atoms with E-state index in [-0.39, 0.29) is 19.8 Å². The molecule has 3 aliphatic heterocycles. The van der Waals surface area contributed by atoms with Gasteiger partial charge in [-0.1, -0.05) is 186 Å². The van der Waals surface area contributed by atoms with Crippen LogP contribution in [0.25, 0.3) is 33.4 Å². The monoisotopic (exact) mass is 1200 g/mol. The molecular formula is C65H49NO4S9. The van der Waals surface area contributed by atoms with Crippen LogP contribution < -0.4 is 5.32 Å². The Labute approximate surface area is 499 Å². The van der Waals surface area contributed by atoms with E-state index in [0.29, 0.717) is 17.3 Å². The fraction of sp³-hybridized carbons (Fsp3) is 0.108. The average molecular weight is 1200 g/mol. The molecule has 0 spiro atoms. The Bertz CT molecular complexity index is 3420. The number of hydrogen-bond acceptors (Lipinski definition) is 13. The number of thioether (sulfide) groups is 3. The number of amides is 1. The first-order valence-corrected chi connectivity index (χ1v) is 33.3. The van der Waals surface area contributed by atoms with Gasteiger partial charge in [0.25, 0.3) is 0 Å². The molecule has 0 aliphatic carbocycles. The normalized spacial score (nSPS) is 12.9. The molecule has 0 aromatic heterocycles. The topological polar surface area (TPSA) is 64.6 Å². The van der Waals surface area contributed by atoms with Gasteiger partial charge in [-0.15, -0.1) is 35.3 Å². The number of carbonyl (C=O) groups excluding carboxylic acids is 2. The number of alkyl carbamates (subject to hydrolysis) is 1. The molecule has 3 heterocycles. The standard InChI is InChI=1S/C65H49NO4S9/c1-2-60(67)69-34-33-66-64(68)70-38-65(39-71-45-18-9-15-42(35-45)48-21-12-30-57-61(48)77-54-27-6-3-24-51(54)74-57,40-72-46-19-10-16-43(36-46)49-22-13-31-58-62(49)78-55-28-7-4-25-52(55)75-58)41-73-47-20-11-17-44(37-47)50-23-14-32-59-63(50)79-56-29-8-5-26-53(56)76-59/h2-32,35-37H,1,33-34,38-41H2,(H,66,68). The van der Waals surface area contributed by atoms with Crippen LogP contribution in [0.3, 0.4) is 0 Å². The summed E-state index contributed by atoms with van der Waals surface area (Å²) >= 11 is 16.4. The first-order chi connectivity index (χ1) is 38.8. The number of benzene rings is 9. The van der Waals surface area contributed by atoms with Gasteiger partial charge < -0.3 is 14.8 Å². The summed E-state index contributed by atoms with van der Waals surface area (Å²) in [5, 5.41) is 2.82. The second-order valence-electron chi connectivity index (χ2n) is 18.7. The summed E-state index contributed by atoms with van der Waals surface area (Å²) in [5.74, 6) is 1.43. The van der Waals surface area contributed by atoms with Crippen LogP contribution in [0.1, 0.15) is 0 Å². The first-order valence-electron chi connectivity index (χ1n) is 25.5. The molecular weight excluding hydrogens is 1150 g/mol. The van der Waals surface area contributed by atoms with Crippen LogP contribution in [0.5, 0.6) is 0 Å².